The molecule has 0 bridgehead atoms. The number of aromatic nitrogens is 2. The average molecular weight is 226 g/mol. The fourth-order valence-electron chi connectivity index (χ4n) is 1.15. The molecule has 1 N–H and O–H groups in total. The molecule has 0 aliphatic rings. The number of hydrogen-bond acceptors (Lipinski definition) is 4. The molecule has 1 aromatic rings. The molecule has 7 heteroatoms. The van der Waals surface area contributed by atoms with Crippen molar-refractivity contribution in [1.29, 1.82) is 0 Å². The van der Waals surface area contributed by atoms with E-state index in [9.17, 15) is 14.9 Å². The second kappa shape index (κ2) is 5.24. The molecule has 1 atom stereocenters. The van der Waals surface area contributed by atoms with Crippen LogP contribution < -0.4 is 5.32 Å². The Hall–Kier alpha value is -1.92. The van der Waals surface area contributed by atoms with Crippen LogP contribution in [0.2, 0.25) is 0 Å². The highest BCUT2D eigenvalue weighted by atomic mass is 16.6. The first-order chi connectivity index (χ1) is 7.56. The van der Waals surface area contributed by atoms with E-state index >= 15 is 0 Å². The van der Waals surface area contributed by atoms with Crippen LogP contribution in [0.15, 0.2) is 12.4 Å². The molecule has 1 rings (SSSR count). The highest BCUT2D eigenvalue weighted by Gasteiger charge is 2.18. The molecule has 88 valence electrons. The minimum absolute atomic E-state index is 0.116. The molecule has 0 spiro atoms. The monoisotopic (exact) mass is 226 g/mol. The SMILES string of the molecule is CCCNC(=O)[C@@H](C)n1cc([N+](=O)[O-])cn1. The van der Waals surface area contributed by atoms with Crippen LogP contribution in [0, 0.1) is 10.1 Å². The number of nitro groups is 1. The summed E-state index contributed by atoms with van der Waals surface area (Å²) in [5.74, 6) is -0.195. The summed E-state index contributed by atoms with van der Waals surface area (Å²) in [5.41, 5.74) is -0.116. The van der Waals surface area contributed by atoms with Crippen LogP contribution in [0.4, 0.5) is 5.69 Å². The molecule has 0 unspecified atom stereocenters. The number of hydrogen-bond donors (Lipinski definition) is 1. The summed E-state index contributed by atoms with van der Waals surface area (Å²) in [4.78, 5) is 21.4. The van der Waals surface area contributed by atoms with Gasteiger partial charge in [-0.3, -0.25) is 19.6 Å². The van der Waals surface area contributed by atoms with Crippen molar-refractivity contribution in [3.8, 4) is 0 Å². The van der Waals surface area contributed by atoms with Crippen LogP contribution in [0.25, 0.3) is 0 Å². The van der Waals surface area contributed by atoms with Crippen molar-refractivity contribution >= 4 is 11.6 Å². The van der Waals surface area contributed by atoms with Crippen LogP contribution in [-0.4, -0.2) is 27.2 Å². The second-order valence-corrected chi connectivity index (χ2v) is 3.40. The van der Waals surface area contributed by atoms with Gasteiger partial charge >= 0.3 is 5.69 Å². The van der Waals surface area contributed by atoms with Crippen molar-refractivity contribution in [1.82, 2.24) is 15.1 Å². The fourth-order valence-corrected chi connectivity index (χ4v) is 1.15. The first-order valence-electron chi connectivity index (χ1n) is 5.02. The lowest BCUT2D eigenvalue weighted by atomic mass is 10.3. The predicted octanol–water partition coefficient (Wildman–Crippen LogP) is 0.878. The smallest absolute Gasteiger partial charge is 0.307 e. The maximum atomic E-state index is 11.5. The van der Waals surface area contributed by atoms with E-state index in [0.717, 1.165) is 12.6 Å². The Labute approximate surface area is 92.6 Å². The van der Waals surface area contributed by atoms with E-state index < -0.39 is 11.0 Å². The van der Waals surface area contributed by atoms with Crippen molar-refractivity contribution in [3.05, 3.63) is 22.5 Å². The van der Waals surface area contributed by atoms with Crippen molar-refractivity contribution < 1.29 is 9.72 Å². The Morgan fingerprint density at radius 1 is 1.75 bits per heavy atom. The van der Waals surface area contributed by atoms with Gasteiger partial charge in [0, 0.05) is 6.54 Å². The van der Waals surface area contributed by atoms with Crippen molar-refractivity contribution in [2.45, 2.75) is 26.3 Å². The minimum atomic E-state index is -0.542. The summed E-state index contributed by atoms with van der Waals surface area (Å²) in [6.07, 6.45) is 3.22. The maximum absolute atomic E-state index is 11.5. The molecule has 0 aliphatic carbocycles. The molecule has 0 aliphatic heterocycles. The third-order valence-corrected chi connectivity index (χ3v) is 2.12. The number of amides is 1. The highest BCUT2D eigenvalue weighted by Crippen LogP contribution is 2.12. The lowest BCUT2D eigenvalue weighted by molar-refractivity contribution is -0.385. The molecule has 7 nitrogen and oxygen atoms in total. The maximum Gasteiger partial charge on any atom is 0.307 e. The van der Waals surface area contributed by atoms with E-state index in [0.29, 0.717) is 6.54 Å². The molecular formula is C9H14N4O3. The van der Waals surface area contributed by atoms with Crippen LogP contribution in [-0.2, 0) is 4.79 Å². The third-order valence-electron chi connectivity index (χ3n) is 2.12. The zero-order valence-corrected chi connectivity index (χ0v) is 9.21. The topological polar surface area (TPSA) is 90.1 Å². The zero-order chi connectivity index (χ0) is 12.1. The number of rotatable bonds is 5. The molecule has 1 heterocycles. The molecule has 1 aromatic heterocycles. The third kappa shape index (κ3) is 2.78. The Bertz CT molecular complexity index is 388. The normalized spacial score (nSPS) is 12.1. The van der Waals surface area contributed by atoms with Gasteiger partial charge in [0.05, 0.1) is 4.92 Å². The standard InChI is InChI=1S/C9H14N4O3/c1-3-4-10-9(14)7(2)12-6-8(5-11-12)13(15)16/h5-7H,3-4H2,1-2H3,(H,10,14)/t7-/m1/s1. The Balaban J connectivity index is 2.68. The summed E-state index contributed by atoms with van der Waals surface area (Å²) >= 11 is 0. The van der Waals surface area contributed by atoms with Gasteiger partial charge < -0.3 is 5.32 Å². The molecule has 0 fully saturated rings. The predicted molar refractivity (Wildman–Crippen MR) is 56.9 cm³/mol. The van der Waals surface area contributed by atoms with E-state index in [-0.39, 0.29) is 11.6 Å². The minimum Gasteiger partial charge on any atom is -0.354 e. The molecule has 0 saturated heterocycles. The second-order valence-electron chi connectivity index (χ2n) is 3.40. The van der Waals surface area contributed by atoms with E-state index in [1.54, 1.807) is 6.92 Å². The van der Waals surface area contributed by atoms with E-state index in [2.05, 4.69) is 10.4 Å². The van der Waals surface area contributed by atoms with Crippen LogP contribution >= 0.6 is 0 Å². The van der Waals surface area contributed by atoms with E-state index in [4.69, 9.17) is 0 Å². The van der Waals surface area contributed by atoms with E-state index in [1.165, 1.54) is 10.9 Å². The van der Waals surface area contributed by atoms with Gasteiger partial charge in [-0.25, -0.2) is 0 Å². The molecule has 1 amide bonds. The lowest BCUT2D eigenvalue weighted by Crippen LogP contribution is -2.31. The number of carbonyl (C=O) groups is 1. The average Bonchev–Trinajstić information content (AvgIpc) is 2.74. The Morgan fingerprint density at radius 2 is 2.44 bits per heavy atom. The van der Waals surface area contributed by atoms with Crippen molar-refractivity contribution in [2.75, 3.05) is 6.54 Å². The zero-order valence-electron chi connectivity index (χ0n) is 9.21. The van der Waals surface area contributed by atoms with Gasteiger partial charge in [-0.15, -0.1) is 0 Å². The lowest BCUT2D eigenvalue weighted by Gasteiger charge is -2.11. The molecule has 0 saturated carbocycles. The molecular weight excluding hydrogens is 212 g/mol. The molecule has 16 heavy (non-hydrogen) atoms. The van der Waals surface area contributed by atoms with Gasteiger partial charge in [0.2, 0.25) is 5.91 Å². The van der Waals surface area contributed by atoms with Gasteiger partial charge in [0.25, 0.3) is 0 Å². The van der Waals surface area contributed by atoms with Crippen LogP contribution in [0.5, 0.6) is 0 Å². The quantitative estimate of drug-likeness (QED) is 0.596. The number of nitrogens with zero attached hydrogens (tertiary/aromatic N) is 3. The van der Waals surface area contributed by atoms with Gasteiger partial charge in [0.1, 0.15) is 18.4 Å². The number of nitrogens with one attached hydrogen (secondary N) is 1. The summed E-state index contributed by atoms with van der Waals surface area (Å²) < 4.78 is 1.28. The largest absolute Gasteiger partial charge is 0.354 e. The van der Waals surface area contributed by atoms with Gasteiger partial charge in [-0.05, 0) is 13.3 Å². The van der Waals surface area contributed by atoms with Gasteiger partial charge in [-0.2, -0.15) is 5.10 Å². The molecule has 0 aromatic carbocycles. The van der Waals surface area contributed by atoms with Crippen LogP contribution in [0.3, 0.4) is 0 Å². The van der Waals surface area contributed by atoms with Crippen LogP contribution in [0.1, 0.15) is 26.3 Å². The van der Waals surface area contributed by atoms with Crippen molar-refractivity contribution in [2.24, 2.45) is 0 Å². The van der Waals surface area contributed by atoms with Gasteiger partial charge in [0.15, 0.2) is 0 Å². The summed E-state index contributed by atoms with van der Waals surface area (Å²) in [6.45, 7) is 4.18. The van der Waals surface area contributed by atoms with Gasteiger partial charge in [-0.1, -0.05) is 6.92 Å². The van der Waals surface area contributed by atoms with Crippen molar-refractivity contribution in [3.63, 3.8) is 0 Å². The Morgan fingerprint density at radius 3 is 2.94 bits per heavy atom. The summed E-state index contributed by atoms with van der Waals surface area (Å²) in [6, 6.07) is -0.541. The fraction of sp³-hybridized carbons (Fsp3) is 0.556. The van der Waals surface area contributed by atoms with E-state index in [1.807, 2.05) is 6.92 Å². The summed E-state index contributed by atoms with van der Waals surface area (Å²) in [5, 5.41) is 16.9. The molecule has 0 radical (unpaired) electrons. The first-order valence-corrected chi connectivity index (χ1v) is 5.02. The Kier molecular flexibility index (Phi) is 3.98. The summed E-state index contributed by atoms with van der Waals surface area (Å²) in [7, 11) is 0. The number of carbonyl (C=O) groups excluding carboxylic acids is 1. The first kappa shape index (κ1) is 12.2. The highest BCUT2D eigenvalue weighted by molar-refractivity contribution is 5.79.